The Hall–Kier alpha value is -2.39. The van der Waals surface area contributed by atoms with Crippen molar-refractivity contribution in [2.45, 2.75) is 57.6 Å². The largest absolute Gasteiger partial charge is 0.496 e. The van der Waals surface area contributed by atoms with Gasteiger partial charge in [-0.3, -0.25) is 4.98 Å². The number of ether oxygens (including phenoxy) is 1. The smallest absolute Gasteiger partial charge is 0.223 e. The number of methoxy groups -OCH3 is 1. The van der Waals surface area contributed by atoms with Gasteiger partial charge in [0.15, 0.2) is 5.65 Å². The quantitative estimate of drug-likeness (QED) is 0.438. The molecule has 1 aliphatic heterocycles. The Morgan fingerprint density at radius 2 is 2.17 bits per heavy atom. The van der Waals surface area contributed by atoms with Crippen LogP contribution in [0.1, 0.15) is 42.3 Å². The summed E-state index contributed by atoms with van der Waals surface area (Å²) in [5.74, 6) is 2.09. The van der Waals surface area contributed by atoms with Gasteiger partial charge in [-0.05, 0) is 26.8 Å². The molecule has 3 aromatic rings. The van der Waals surface area contributed by atoms with E-state index in [9.17, 15) is 0 Å². The number of rotatable bonds is 7. The lowest BCUT2D eigenvalue weighted by Crippen LogP contribution is -2.33. The summed E-state index contributed by atoms with van der Waals surface area (Å²) in [5.41, 5.74) is 10.8. The van der Waals surface area contributed by atoms with Crippen LogP contribution in [0.3, 0.4) is 0 Å². The lowest BCUT2D eigenvalue weighted by molar-refractivity contribution is 0.406. The first kappa shape index (κ1) is 20.9. The summed E-state index contributed by atoms with van der Waals surface area (Å²) in [6.07, 6.45) is 5.05. The Morgan fingerprint density at radius 1 is 1.33 bits per heavy atom. The van der Waals surface area contributed by atoms with Crippen LogP contribution in [0.5, 0.6) is 5.75 Å². The average molecular weight is 428 g/mol. The highest BCUT2D eigenvalue weighted by Gasteiger charge is 2.26. The van der Waals surface area contributed by atoms with Gasteiger partial charge < -0.3 is 15.8 Å². The van der Waals surface area contributed by atoms with Crippen molar-refractivity contribution < 1.29 is 4.74 Å². The number of nitrogen functional groups attached to an aromatic ring is 1. The van der Waals surface area contributed by atoms with Crippen molar-refractivity contribution in [3.05, 3.63) is 28.7 Å². The zero-order valence-electron chi connectivity index (χ0n) is 18.0. The van der Waals surface area contributed by atoms with E-state index < -0.39 is 0 Å². The van der Waals surface area contributed by atoms with E-state index in [1.807, 2.05) is 24.7 Å². The molecule has 0 spiro atoms. The summed E-state index contributed by atoms with van der Waals surface area (Å²) in [6, 6.07) is 0.350. The highest BCUT2D eigenvalue weighted by Crippen LogP contribution is 2.34. The third kappa shape index (κ3) is 3.96. The molecule has 0 amide bonds. The lowest BCUT2D eigenvalue weighted by atomic mass is 10.1. The van der Waals surface area contributed by atoms with Gasteiger partial charge in [-0.15, -0.1) is 11.8 Å². The van der Waals surface area contributed by atoms with Crippen molar-refractivity contribution in [3.63, 3.8) is 0 Å². The number of hydrogen-bond acceptors (Lipinski definition) is 8. The summed E-state index contributed by atoms with van der Waals surface area (Å²) in [6.45, 7) is 7.76. The molecule has 0 aliphatic carbocycles. The van der Waals surface area contributed by atoms with E-state index in [4.69, 9.17) is 15.6 Å². The number of aryl methyl sites for hydroxylation is 1. The molecule has 0 saturated heterocycles. The molecule has 0 saturated carbocycles. The van der Waals surface area contributed by atoms with Crippen LogP contribution >= 0.6 is 11.8 Å². The van der Waals surface area contributed by atoms with E-state index in [0.29, 0.717) is 12.6 Å². The van der Waals surface area contributed by atoms with Crippen molar-refractivity contribution in [1.82, 2.24) is 30.0 Å². The van der Waals surface area contributed by atoms with Gasteiger partial charge in [-0.25, -0.2) is 9.67 Å². The van der Waals surface area contributed by atoms with Crippen LogP contribution in [-0.2, 0) is 13.0 Å². The third-order valence-electron chi connectivity index (χ3n) is 5.52. The van der Waals surface area contributed by atoms with Crippen molar-refractivity contribution >= 4 is 28.7 Å². The molecule has 1 aliphatic rings. The Labute approximate surface area is 181 Å². The van der Waals surface area contributed by atoms with Crippen LogP contribution in [-0.4, -0.2) is 50.2 Å². The molecule has 160 valence electrons. The number of unbranched alkanes of at least 4 members (excludes halogenated alkanes) is 1. The van der Waals surface area contributed by atoms with Crippen LogP contribution in [0.15, 0.2) is 11.2 Å². The van der Waals surface area contributed by atoms with E-state index in [1.54, 1.807) is 18.9 Å². The number of hydrogen-bond donors (Lipinski definition) is 2. The van der Waals surface area contributed by atoms with E-state index in [2.05, 4.69) is 27.2 Å². The molecule has 8 nitrogen and oxygen atoms in total. The highest BCUT2D eigenvalue weighted by molar-refractivity contribution is 7.99. The van der Waals surface area contributed by atoms with Gasteiger partial charge in [-0.2, -0.15) is 10.1 Å². The summed E-state index contributed by atoms with van der Waals surface area (Å²) < 4.78 is 7.47. The Balaban J connectivity index is 1.72. The minimum absolute atomic E-state index is 0.279. The monoisotopic (exact) mass is 427 g/mol. The molecule has 0 aromatic carbocycles. The third-order valence-corrected chi connectivity index (χ3v) is 6.66. The Kier molecular flexibility index (Phi) is 6.10. The number of anilines is 1. The van der Waals surface area contributed by atoms with Crippen molar-refractivity contribution in [2.75, 3.05) is 25.1 Å². The van der Waals surface area contributed by atoms with Gasteiger partial charge in [0.05, 0.1) is 30.4 Å². The molecule has 1 atom stereocenters. The SMILES string of the molecule is CCCCNC1CSc2nc(N)nc3c2c(nn3Cc2ncc(C)c(OC)c2C)C1. The predicted molar refractivity (Wildman–Crippen MR) is 120 cm³/mol. The van der Waals surface area contributed by atoms with Crippen molar-refractivity contribution in [3.8, 4) is 5.75 Å². The van der Waals surface area contributed by atoms with Crippen LogP contribution in [0.2, 0.25) is 0 Å². The second-order valence-corrected chi connectivity index (χ2v) is 8.76. The molecule has 4 rings (SSSR count). The zero-order chi connectivity index (χ0) is 21.3. The Morgan fingerprint density at radius 3 is 2.93 bits per heavy atom. The maximum Gasteiger partial charge on any atom is 0.223 e. The van der Waals surface area contributed by atoms with E-state index in [1.165, 1.54) is 12.8 Å². The van der Waals surface area contributed by atoms with Crippen LogP contribution in [0.25, 0.3) is 11.0 Å². The second-order valence-electron chi connectivity index (χ2n) is 7.76. The van der Waals surface area contributed by atoms with Gasteiger partial charge in [0.25, 0.3) is 0 Å². The average Bonchev–Trinajstić information content (AvgIpc) is 2.94. The highest BCUT2D eigenvalue weighted by atomic mass is 32.2. The van der Waals surface area contributed by atoms with Crippen molar-refractivity contribution in [2.24, 2.45) is 0 Å². The number of thioether (sulfide) groups is 1. The summed E-state index contributed by atoms with van der Waals surface area (Å²) in [4.78, 5) is 13.7. The molecule has 0 bridgehead atoms. The molecule has 3 aromatic heterocycles. The maximum atomic E-state index is 6.05. The van der Waals surface area contributed by atoms with Crippen molar-refractivity contribution in [1.29, 1.82) is 0 Å². The number of nitrogens with zero attached hydrogens (tertiary/aromatic N) is 5. The van der Waals surface area contributed by atoms with E-state index in [-0.39, 0.29) is 5.95 Å². The molecular formula is C21H29N7OS. The molecule has 0 fully saturated rings. The second kappa shape index (κ2) is 8.77. The number of nitrogens with one attached hydrogen (secondary N) is 1. The number of pyridine rings is 1. The first-order valence-electron chi connectivity index (χ1n) is 10.4. The number of aromatic nitrogens is 5. The first-order chi connectivity index (χ1) is 14.5. The molecule has 1 unspecified atom stereocenters. The summed E-state index contributed by atoms with van der Waals surface area (Å²) >= 11 is 1.73. The molecule has 30 heavy (non-hydrogen) atoms. The molecule has 0 radical (unpaired) electrons. The van der Waals surface area contributed by atoms with Gasteiger partial charge in [-0.1, -0.05) is 13.3 Å². The summed E-state index contributed by atoms with van der Waals surface area (Å²) in [7, 11) is 1.69. The summed E-state index contributed by atoms with van der Waals surface area (Å²) in [5, 5.41) is 10.5. The van der Waals surface area contributed by atoms with Gasteiger partial charge >= 0.3 is 0 Å². The Bertz CT molecular complexity index is 1070. The van der Waals surface area contributed by atoms with Crippen LogP contribution in [0.4, 0.5) is 5.95 Å². The fourth-order valence-electron chi connectivity index (χ4n) is 3.94. The molecular weight excluding hydrogens is 398 g/mol. The fourth-order valence-corrected chi connectivity index (χ4v) is 5.05. The normalized spacial score (nSPS) is 16.1. The zero-order valence-corrected chi connectivity index (χ0v) is 18.8. The van der Waals surface area contributed by atoms with Gasteiger partial charge in [0, 0.05) is 35.5 Å². The fraction of sp³-hybridized carbons (Fsp3) is 0.524. The van der Waals surface area contributed by atoms with Crippen LogP contribution in [0, 0.1) is 13.8 Å². The van der Waals surface area contributed by atoms with Gasteiger partial charge in [0.1, 0.15) is 10.8 Å². The topological polar surface area (TPSA) is 104 Å². The minimum atomic E-state index is 0.279. The number of nitrogens with two attached hydrogens (primary N) is 1. The molecule has 4 heterocycles. The maximum absolute atomic E-state index is 6.05. The molecule has 9 heteroatoms. The predicted octanol–water partition coefficient (Wildman–Crippen LogP) is 2.88. The minimum Gasteiger partial charge on any atom is -0.496 e. The lowest BCUT2D eigenvalue weighted by Gasteiger charge is -2.15. The molecule has 3 N–H and O–H groups in total. The first-order valence-corrected chi connectivity index (χ1v) is 11.4. The van der Waals surface area contributed by atoms with E-state index >= 15 is 0 Å². The van der Waals surface area contributed by atoms with Gasteiger partial charge in [0.2, 0.25) is 5.95 Å². The van der Waals surface area contributed by atoms with Crippen LogP contribution < -0.4 is 15.8 Å². The van der Waals surface area contributed by atoms with E-state index in [0.717, 1.165) is 63.0 Å². The standard InChI is InChI=1S/C21H29N7OS/c1-5-6-7-23-14-8-15-17-19(25-21(22)26-20(17)30-11-14)28(27-15)10-16-13(3)18(29-4)12(2)9-24-16/h9,14,23H,5-8,10-11H2,1-4H3,(H2,22,25,26).